The standard InChI is InChI=1S/C20H25N7O/c1-12-10-14(11-16-19(12)13(2)24-25-16)20(21)23-18-5-3-4-17(27(18)26-20)22-15-6-8-28-9-7-15/h3-5,10-11,15,23,26H,6-9,21H2,1-2H3,(H,24,25). The van der Waals surface area contributed by atoms with Gasteiger partial charge in [-0.1, -0.05) is 6.07 Å². The molecule has 5 rings (SSSR count). The SMILES string of the molecule is Cc1cc(C2(N)Nc3cccc(=NC4CCOCC4)n3N2)cc2n[nH]c(C)c12. The van der Waals surface area contributed by atoms with Gasteiger partial charge in [-0.05, 0) is 56.5 Å². The molecule has 5 N–H and O–H groups in total. The van der Waals surface area contributed by atoms with Crippen LogP contribution in [0.25, 0.3) is 10.9 Å². The Hall–Kier alpha value is -2.84. The Balaban J connectivity index is 1.54. The second-order valence-corrected chi connectivity index (χ2v) is 7.66. The smallest absolute Gasteiger partial charge is 0.204 e. The minimum absolute atomic E-state index is 0.271. The highest BCUT2D eigenvalue weighted by molar-refractivity contribution is 5.85. The lowest BCUT2D eigenvalue weighted by Crippen LogP contribution is -2.50. The zero-order valence-corrected chi connectivity index (χ0v) is 16.1. The second kappa shape index (κ2) is 6.35. The number of hydrogen-bond donors (Lipinski definition) is 4. The number of aromatic amines is 1. The minimum atomic E-state index is -0.944. The van der Waals surface area contributed by atoms with Crippen molar-refractivity contribution in [2.24, 2.45) is 10.7 Å². The largest absolute Gasteiger partial charge is 0.381 e. The highest BCUT2D eigenvalue weighted by atomic mass is 16.5. The van der Waals surface area contributed by atoms with Crippen LogP contribution < -0.4 is 22.0 Å². The molecule has 146 valence electrons. The van der Waals surface area contributed by atoms with E-state index in [1.807, 2.05) is 35.9 Å². The van der Waals surface area contributed by atoms with Crippen molar-refractivity contribution in [1.82, 2.24) is 14.9 Å². The predicted octanol–water partition coefficient (Wildman–Crippen LogP) is 1.80. The molecule has 0 radical (unpaired) electrons. The molecule has 1 saturated heterocycles. The molecule has 0 aliphatic carbocycles. The molecule has 1 unspecified atom stereocenters. The van der Waals surface area contributed by atoms with E-state index >= 15 is 0 Å². The normalized spacial score (nSPS) is 22.9. The third-order valence-corrected chi connectivity index (χ3v) is 5.58. The molecule has 8 heteroatoms. The van der Waals surface area contributed by atoms with Gasteiger partial charge in [0.15, 0.2) is 0 Å². The number of aromatic nitrogens is 3. The van der Waals surface area contributed by atoms with Crippen LogP contribution in [0.4, 0.5) is 5.82 Å². The van der Waals surface area contributed by atoms with Gasteiger partial charge < -0.3 is 10.1 Å². The van der Waals surface area contributed by atoms with Crippen LogP contribution in [-0.2, 0) is 10.5 Å². The molecule has 4 heterocycles. The molecule has 2 aliphatic heterocycles. The van der Waals surface area contributed by atoms with Gasteiger partial charge in [0, 0.05) is 29.9 Å². The Kier molecular flexibility index (Phi) is 3.92. The molecule has 0 saturated carbocycles. The molecule has 3 aromatic rings. The lowest BCUT2D eigenvalue weighted by atomic mass is 10.0. The van der Waals surface area contributed by atoms with Gasteiger partial charge in [0.1, 0.15) is 11.3 Å². The van der Waals surface area contributed by atoms with Gasteiger partial charge in [-0.25, -0.2) is 4.68 Å². The zero-order valence-electron chi connectivity index (χ0n) is 16.1. The highest BCUT2D eigenvalue weighted by Crippen LogP contribution is 2.30. The monoisotopic (exact) mass is 379 g/mol. The first kappa shape index (κ1) is 17.3. The van der Waals surface area contributed by atoms with Crippen LogP contribution in [0.1, 0.15) is 29.7 Å². The van der Waals surface area contributed by atoms with Gasteiger partial charge >= 0.3 is 0 Å². The third-order valence-electron chi connectivity index (χ3n) is 5.58. The number of benzene rings is 1. The fourth-order valence-electron chi connectivity index (χ4n) is 4.13. The fraction of sp³-hybridized carbons (Fsp3) is 0.400. The van der Waals surface area contributed by atoms with E-state index in [9.17, 15) is 0 Å². The van der Waals surface area contributed by atoms with Gasteiger partial charge in [0.25, 0.3) is 0 Å². The van der Waals surface area contributed by atoms with E-state index in [1.165, 1.54) is 0 Å². The summed E-state index contributed by atoms with van der Waals surface area (Å²) in [4.78, 5) is 4.93. The van der Waals surface area contributed by atoms with Crippen molar-refractivity contribution in [3.05, 3.63) is 52.6 Å². The van der Waals surface area contributed by atoms with E-state index in [0.29, 0.717) is 0 Å². The van der Waals surface area contributed by atoms with Crippen molar-refractivity contribution >= 4 is 16.7 Å². The van der Waals surface area contributed by atoms with Crippen LogP contribution in [0, 0.1) is 13.8 Å². The number of fused-ring (bicyclic) bond motifs is 2. The lowest BCUT2D eigenvalue weighted by molar-refractivity contribution is 0.0861. The van der Waals surface area contributed by atoms with Gasteiger partial charge in [-0.15, -0.1) is 0 Å². The maximum absolute atomic E-state index is 6.76. The van der Waals surface area contributed by atoms with E-state index in [-0.39, 0.29) is 6.04 Å². The first-order valence-corrected chi connectivity index (χ1v) is 9.68. The van der Waals surface area contributed by atoms with E-state index in [2.05, 4.69) is 33.9 Å². The summed E-state index contributed by atoms with van der Waals surface area (Å²) in [7, 11) is 0. The number of nitrogens with zero attached hydrogens (tertiary/aromatic N) is 3. The second-order valence-electron chi connectivity index (χ2n) is 7.66. The zero-order chi connectivity index (χ0) is 19.3. The Bertz CT molecular complexity index is 1110. The number of nitrogens with one attached hydrogen (secondary N) is 3. The van der Waals surface area contributed by atoms with Crippen LogP contribution in [0.5, 0.6) is 0 Å². The summed E-state index contributed by atoms with van der Waals surface area (Å²) in [6, 6.07) is 10.4. The summed E-state index contributed by atoms with van der Waals surface area (Å²) in [6.45, 7) is 5.65. The maximum atomic E-state index is 6.76. The molecule has 8 nitrogen and oxygen atoms in total. The van der Waals surface area contributed by atoms with Gasteiger partial charge in [0.2, 0.25) is 5.79 Å². The van der Waals surface area contributed by atoms with Crippen molar-refractivity contribution < 1.29 is 4.74 Å². The Morgan fingerprint density at radius 1 is 1.25 bits per heavy atom. The number of nitrogens with two attached hydrogens (primary N) is 1. The number of anilines is 1. The molecule has 0 spiro atoms. The topological polar surface area (TPSA) is 105 Å². The quantitative estimate of drug-likeness (QED) is 0.543. The molecule has 2 aliphatic rings. The fourth-order valence-corrected chi connectivity index (χ4v) is 4.13. The summed E-state index contributed by atoms with van der Waals surface area (Å²) in [5.74, 6) is -0.0631. The minimum Gasteiger partial charge on any atom is -0.381 e. The molecule has 1 fully saturated rings. The van der Waals surface area contributed by atoms with Crippen LogP contribution >= 0.6 is 0 Å². The molecule has 1 atom stereocenters. The predicted molar refractivity (Wildman–Crippen MR) is 108 cm³/mol. The number of ether oxygens (including phenoxy) is 1. The van der Waals surface area contributed by atoms with E-state index in [1.54, 1.807) is 0 Å². The molecular formula is C20H25N7O. The molecular weight excluding hydrogens is 354 g/mol. The molecule has 0 amide bonds. The van der Waals surface area contributed by atoms with Crippen LogP contribution in [0.2, 0.25) is 0 Å². The average molecular weight is 379 g/mol. The van der Waals surface area contributed by atoms with Crippen LogP contribution in [-0.4, -0.2) is 34.1 Å². The van der Waals surface area contributed by atoms with Gasteiger partial charge in [-0.3, -0.25) is 21.3 Å². The highest BCUT2D eigenvalue weighted by Gasteiger charge is 2.35. The van der Waals surface area contributed by atoms with E-state index < -0.39 is 5.79 Å². The van der Waals surface area contributed by atoms with Crippen molar-refractivity contribution in [3.63, 3.8) is 0 Å². The van der Waals surface area contributed by atoms with Gasteiger partial charge in [0.05, 0.1) is 11.6 Å². The van der Waals surface area contributed by atoms with Crippen molar-refractivity contribution in [2.45, 2.75) is 38.5 Å². The first-order chi connectivity index (χ1) is 13.5. The van der Waals surface area contributed by atoms with Crippen LogP contribution in [0.3, 0.4) is 0 Å². The molecule has 1 aromatic carbocycles. The maximum Gasteiger partial charge on any atom is 0.204 e. The summed E-state index contributed by atoms with van der Waals surface area (Å²) >= 11 is 0. The third kappa shape index (κ3) is 2.76. The van der Waals surface area contributed by atoms with E-state index in [0.717, 1.165) is 65.1 Å². The Morgan fingerprint density at radius 3 is 2.89 bits per heavy atom. The molecule has 0 bridgehead atoms. The van der Waals surface area contributed by atoms with Crippen molar-refractivity contribution in [2.75, 3.05) is 24.0 Å². The Morgan fingerprint density at radius 2 is 2.07 bits per heavy atom. The summed E-state index contributed by atoms with van der Waals surface area (Å²) in [5.41, 5.74) is 15.1. The van der Waals surface area contributed by atoms with Crippen LogP contribution in [0.15, 0.2) is 35.3 Å². The number of hydrogen-bond acceptors (Lipinski definition) is 6. The van der Waals surface area contributed by atoms with Gasteiger partial charge in [-0.2, -0.15) is 5.10 Å². The lowest BCUT2D eigenvalue weighted by Gasteiger charge is -2.26. The van der Waals surface area contributed by atoms with E-state index in [4.69, 9.17) is 15.5 Å². The molecule has 28 heavy (non-hydrogen) atoms. The number of rotatable bonds is 2. The summed E-state index contributed by atoms with van der Waals surface area (Å²) in [5, 5.41) is 12.0. The summed E-state index contributed by atoms with van der Waals surface area (Å²) in [6.07, 6.45) is 1.89. The Labute approximate surface area is 162 Å². The van der Waals surface area contributed by atoms with Crippen molar-refractivity contribution in [1.29, 1.82) is 0 Å². The average Bonchev–Trinajstić information content (AvgIpc) is 3.24. The number of H-pyrrole nitrogens is 1. The number of aryl methyl sites for hydroxylation is 2. The summed E-state index contributed by atoms with van der Waals surface area (Å²) < 4.78 is 7.38. The first-order valence-electron chi connectivity index (χ1n) is 9.68. The molecule has 2 aromatic heterocycles. The number of pyridine rings is 1. The van der Waals surface area contributed by atoms with Crippen molar-refractivity contribution in [3.8, 4) is 0 Å².